The molecule has 0 saturated heterocycles. The standard InChI is InChI=1S/C15H12BrF2N3/c1-8(9-3-2-4-10(16)5-9)21-13-7-11(17)6-12(18)14(13)20-15(21)19/h2-8H,1H3,(H2,19,20). The van der Waals surface area contributed by atoms with Crippen molar-refractivity contribution >= 4 is 32.9 Å². The third-order valence-electron chi connectivity index (χ3n) is 3.46. The molecule has 2 aromatic carbocycles. The molecule has 1 atom stereocenters. The van der Waals surface area contributed by atoms with E-state index >= 15 is 0 Å². The van der Waals surface area contributed by atoms with Crippen molar-refractivity contribution in [2.45, 2.75) is 13.0 Å². The molecule has 0 bridgehead atoms. The summed E-state index contributed by atoms with van der Waals surface area (Å²) >= 11 is 3.41. The van der Waals surface area contributed by atoms with Gasteiger partial charge in [-0.05, 0) is 24.6 Å². The van der Waals surface area contributed by atoms with E-state index in [9.17, 15) is 8.78 Å². The van der Waals surface area contributed by atoms with Crippen molar-refractivity contribution in [3.8, 4) is 0 Å². The van der Waals surface area contributed by atoms with Gasteiger partial charge in [-0.1, -0.05) is 28.1 Å². The quantitative estimate of drug-likeness (QED) is 0.749. The van der Waals surface area contributed by atoms with Gasteiger partial charge in [-0.2, -0.15) is 0 Å². The summed E-state index contributed by atoms with van der Waals surface area (Å²) in [7, 11) is 0. The Kier molecular flexibility index (Phi) is 3.41. The Hall–Kier alpha value is -1.95. The summed E-state index contributed by atoms with van der Waals surface area (Å²) in [5, 5.41) is 0. The number of rotatable bonds is 2. The number of hydrogen-bond donors (Lipinski definition) is 1. The van der Waals surface area contributed by atoms with E-state index in [1.54, 1.807) is 4.57 Å². The minimum atomic E-state index is -0.711. The first-order chi connectivity index (χ1) is 9.97. The lowest BCUT2D eigenvalue weighted by Gasteiger charge is -2.17. The predicted octanol–water partition coefficient (Wildman–Crippen LogP) is 4.27. The lowest BCUT2D eigenvalue weighted by Crippen LogP contribution is -2.10. The number of benzene rings is 2. The first-order valence-corrected chi connectivity index (χ1v) is 7.14. The first-order valence-electron chi connectivity index (χ1n) is 6.35. The van der Waals surface area contributed by atoms with Crippen LogP contribution in [0.15, 0.2) is 40.9 Å². The molecule has 2 N–H and O–H groups in total. The van der Waals surface area contributed by atoms with Crippen LogP contribution in [0.2, 0.25) is 0 Å². The lowest BCUT2D eigenvalue weighted by atomic mass is 10.1. The molecule has 1 aromatic heterocycles. The normalized spacial score (nSPS) is 12.8. The molecule has 108 valence electrons. The second-order valence-electron chi connectivity index (χ2n) is 4.83. The van der Waals surface area contributed by atoms with E-state index in [2.05, 4.69) is 20.9 Å². The molecular formula is C15H12BrF2N3. The minimum Gasteiger partial charge on any atom is -0.369 e. The number of fused-ring (bicyclic) bond motifs is 1. The number of nitrogen functional groups attached to an aromatic ring is 1. The van der Waals surface area contributed by atoms with Crippen LogP contribution in [0.3, 0.4) is 0 Å². The molecule has 3 aromatic rings. The van der Waals surface area contributed by atoms with Gasteiger partial charge in [-0.15, -0.1) is 0 Å². The van der Waals surface area contributed by atoms with Gasteiger partial charge in [0.05, 0.1) is 11.6 Å². The van der Waals surface area contributed by atoms with Gasteiger partial charge in [0.1, 0.15) is 11.3 Å². The van der Waals surface area contributed by atoms with Crippen LogP contribution in [0.4, 0.5) is 14.7 Å². The summed E-state index contributed by atoms with van der Waals surface area (Å²) in [4.78, 5) is 4.01. The van der Waals surface area contributed by atoms with Crippen molar-refractivity contribution in [3.63, 3.8) is 0 Å². The van der Waals surface area contributed by atoms with Crippen molar-refractivity contribution in [2.24, 2.45) is 0 Å². The second-order valence-corrected chi connectivity index (χ2v) is 5.74. The molecule has 0 amide bonds. The zero-order valence-corrected chi connectivity index (χ0v) is 12.7. The Labute approximate surface area is 128 Å². The molecule has 0 aliphatic rings. The molecular weight excluding hydrogens is 340 g/mol. The summed E-state index contributed by atoms with van der Waals surface area (Å²) in [5.41, 5.74) is 7.28. The van der Waals surface area contributed by atoms with Crippen molar-refractivity contribution in [1.82, 2.24) is 9.55 Å². The Morgan fingerprint density at radius 2 is 2.00 bits per heavy atom. The molecule has 0 aliphatic heterocycles. The highest BCUT2D eigenvalue weighted by Crippen LogP contribution is 2.30. The molecule has 0 spiro atoms. The van der Waals surface area contributed by atoms with Crippen LogP contribution in [0.5, 0.6) is 0 Å². The number of anilines is 1. The fourth-order valence-corrected chi connectivity index (χ4v) is 2.88. The first kappa shape index (κ1) is 14.0. The molecule has 0 aliphatic carbocycles. The van der Waals surface area contributed by atoms with Crippen LogP contribution in [0.1, 0.15) is 18.5 Å². The van der Waals surface area contributed by atoms with Crippen LogP contribution in [0.25, 0.3) is 11.0 Å². The van der Waals surface area contributed by atoms with E-state index in [-0.39, 0.29) is 17.5 Å². The highest BCUT2D eigenvalue weighted by molar-refractivity contribution is 9.10. The molecule has 0 radical (unpaired) electrons. The van der Waals surface area contributed by atoms with Crippen LogP contribution >= 0.6 is 15.9 Å². The van der Waals surface area contributed by atoms with Crippen LogP contribution in [-0.2, 0) is 0 Å². The molecule has 1 unspecified atom stereocenters. The molecule has 1 heterocycles. The summed E-state index contributed by atoms with van der Waals surface area (Å²) in [6, 6.07) is 9.52. The van der Waals surface area contributed by atoms with Crippen LogP contribution < -0.4 is 5.73 Å². The van der Waals surface area contributed by atoms with Gasteiger partial charge < -0.3 is 10.3 Å². The molecule has 0 fully saturated rings. The molecule has 21 heavy (non-hydrogen) atoms. The Morgan fingerprint density at radius 1 is 1.24 bits per heavy atom. The Bertz CT molecular complexity index is 829. The van der Waals surface area contributed by atoms with Gasteiger partial charge in [-0.3, -0.25) is 0 Å². The van der Waals surface area contributed by atoms with Crippen LogP contribution in [-0.4, -0.2) is 9.55 Å². The average Bonchev–Trinajstić information content (AvgIpc) is 2.74. The number of nitrogens with two attached hydrogens (primary N) is 1. The third-order valence-corrected chi connectivity index (χ3v) is 3.95. The van der Waals surface area contributed by atoms with E-state index in [0.717, 1.165) is 16.1 Å². The number of nitrogens with zero attached hydrogens (tertiary/aromatic N) is 2. The fraction of sp³-hybridized carbons (Fsp3) is 0.133. The Balaban J connectivity index is 2.22. The third kappa shape index (κ3) is 2.40. The molecule has 6 heteroatoms. The van der Waals surface area contributed by atoms with E-state index in [0.29, 0.717) is 5.52 Å². The summed E-state index contributed by atoms with van der Waals surface area (Å²) in [5.74, 6) is -1.21. The van der Waals surface area contributed by atoms with Gasteiger partial charge in [-0.25, -0.2) is 13.8 Å². The zero-order valence-electron chi connectivity index (χ0n) is 11.1. The summed E-state index contributed by atoms with van der Waals surface area (Å²) in [6.07, 6.45) is 0. The van der Waals surface area contributed by atoms with Gasteiger partial charge in [0.25, 0.3) is 0 Å². The lowest BCUT2D eigenvalue weighted by molar-refractivity contribution is 0.588. The molecule has 3 nitrogen and oxygen atoms in total. The number of hydrogen-bond acceptors (Lipinski definition) is 2. The molecule has 0 saturated carbocycles. The largest absolute Gasteiger partial charge is 0.369 e. The van der Waals surface area contributed by atoms with Gasteiger partial charge in [0.15, 0.2) is 5.82 Å². The Morgan fingerprint density at radius 3 is 2.71 bits per heavy atom. The number of aromatic nitrogens is 2. The topological polar surface area (TPSA) is 43.8 Å². The number of halogens is 3. The number of imidazole rings is 1. The predicted molar refractivity (Wildman–Crippen MR) is 82.0 cm³/mol. The van der Waals surface area contributed by atoms with Gasteiger partial charge in [0.2, 0.25) is 5.95 Å². The van der Waals surface area contributed by atoms with Crippen molar-refractivity contribution in [2.75, 3.05) is 5.73 Å². The average molecular weight is 352 g/mol. The smallest absolute Gasteiger partial charge is 0.201 e. The van der Waals surface area contributed by atoms with Crippen LogP contribution in [0, 0.1) is 11.6 Å². The zero-order chi connectivity index (χ0) is 15.1. The monoisotopic (exact) mass is 351 g/mol. The second kappa shape index (κ2) is 5.11. The van der Waals surface area contributed by atoms with Crippen molar-refractivity contribution < 1.29 is 8.78 Å². The highest BCUT2D eigenvalue weighted by Gasteiger charge is 2.19. The SMILES string of the molecule is CC(c1cccc(Br)c1)n1c(N)nc2c(F)cc(F)cc21. The van der Waals surface area contributed by atoms with E-state index < -0.39 is 11.6 Å². The maximum absolute atomic E-state index is 13.8. The summed E-state index contributed by atoms with van der Waals surface area (Å²) < 4.78 is 29.8. The molecule has 3 rings (SSSR count). The minimum absolute atomic E-state index is 0.0794. The van der Waals surface area contributed by atoms with Crippen molar-refractivity contribution in [1.29, 1.82) is 0 Å². The van der Waals surface area contributed by atoms with Gasteiger partial charge in [0, 0.05) is 16.6 Å². The maximum Gasteiger partial charge on any atom is 0.201 e. The maximum atomic E-state index is 13.8. The van der Waals surface area contributed by atoms with Crippen molar-refractivity contribution in [3.05, 3.63) is 58.1 Å². The van der Waals surface area contributed by atoms with E-state index in [1.807, 2.05) is 31.2 Å². The highest BCUT2D eigenvalue weighted by atomic mass is 79.9. The van der Waals surface area contributed by atoms with E-state index in [4.69, 9.17) is 5.73 Å². The van der Waals surface area contributed by atoms with Gasteiger partial charge >= 0.3 is 0 Å². The fourth-order valence-electron chi connectivity index (χ4n) is 2.46. The summed E-state index contributed by atoms with van der Waals surface area (Å²) in [6.45, 7) is 1.90. The van der Waals surface area contributed by atoms with E-state index in [1.165, 1.54) is 6.07 Å².